The predicted octanol–water partition coefficient (Wildman–Crippen LogP) is 1.58. The summed E-state index contributed by atoms with van der Waals surface area (Å²) in [6, 6.07) is 0.481. The molecule has 0 aromatic heterocycles. The lowest BCUT2D eigenvalue weighted by atomic mass is 10.0. The molecule has 0 amide bonds. The SMILES string of the molecule is Cl.NC1CCN(CC2CCSC2)CC1. The topological polar surface area (TPSA) is 29.3 Å². The summed E-state index contributed by atoms with van der Waals surface area (Å²) >= 11 is 2.12. The number of piperidine rings is 1. The van der Waals surface area contributed by atoms with Crippen molar-refractivity contribution in [2.45, 2.75) is 25.3 Å². The van der Waals surface area contributed by atoms with Crippen LogP contribution in [0.1, 0.15) is 19.3 Å². The van der Waals surface area contributed by atoms with Crippen molar-refractivity contribution in [2.24, 2.45) is 11.7 Å². The van der Waals surface area contributed by atoms with Crippen LogP contribution in [0.2, 0.25) is 0 Å². The first-order valence-corrected chi connectivity index (χ1v) is 6.56. The zero-order valence-electron chi connectivity index (χ0n) is 8.65. The third kappa shape index (κ3) is 3.61. The second-order valence-electron chi connectivity index (χ2n) is 4.37. The van der Waals surface area contributed by atoms with E-state index in [0.29, 0.717) is 6.04 Å². The van der Waals surface area contributed by atoms with E-state index in [1.165, 1.54) is 50.4 Å². The Bertz CT molecular complexity index is 154. The molecule has 2 fully saturated rings. The Kier molecular flexibility index (Phi) is 5.60. The summed E-state index contributed by atoms with van der Waals surface area (Å²) in [4.78, 5) is 2.61. The van der Waals surface area contributed by atoms with Crippen LogP contribution < -0.4 is 5.73 Å². The molecule has 1 atom stereocenters. The maximum absolute atomic E-state index is 5.87. The van der Waals surface area contributed by atoms with Crippen molar-refractivity contribution in [3.05, 3.63) is 0 Å². The summed E-state index contributed by atoms with van der Waals surface area (Å²) in [6.45, 7) is 3.81. The van der Waals surface area contributed by atoms with Crippen LogP contribution in [-0.4, -0.2) is 42.1 Å². The monoisotopic (exact) mass is 236 g/mol. The Morgan fingerprint density at radius 1 is 1.21 bits per heavy atom. The van der Waals surface area contributed by atoms with Crippen LogP contribution in [-0.2, 0) is 0 Å². The minimum atomic E-state index is 0. The van der Waals surface area contributed by atoms with Crippen LogP contribution in [0.25, 0.3) is 0 Å². The lowest BCUT2D eigenvalue weighted by molar-refractivity contribution is 0.190. The largest absolute Gasteiger partial charge is 0.328 e. The molecule has 2 aliphatic rings. The second kappa shape index (κ2) is 6.21. The smallest absolute Gasteiger partial charge is 0.00631 e. The highest BCUT2D eigenvalue weighted by atomic mass is 35.5. The summed E-state index contributed by atoms with van der Waals surface area (Å²) in [5.41, 5.74) is 5.87. The van der Waals surface area contributed by atoms with Gasteiger partial charge in [-0.3, -0.25) is 0 Å². The van der Waals surface area contributed by atoms with Crippen molar-refractivity contribution >= 4 is 24.2 Å². The van der Waals surface area contributed by atoms with Gasteiger partial charge in [-0.05, 0) is 49.8 Å². The zero-order chi connectivity index (χ0) is 9.10. The summed E-state index contributed by atoms with van der Waals surface area (Å²) in [5.74, 6) is 3.75. The minimum absolute atomic E-state index is 0. The highest BCUT2D eigenvalue weighted by molar-refractivity contribution is 7.99. The van der Waals surface area contributed by atoms with Gasteiger partial charge < -0.3 is 10.6 Å². The Balaban J connectivity index is 0.000000980. The standard InChI is InChI=1S/C10H20N2S.ClH/c11-10-1-4-12(5-2-10)7-9-3-6-13-8-9;/h9-10H,1-8,11H2;1H. The van der Waals surface area contributed by atoms with Gasteiger partial charge >= 0.3 is 0 Å². The van der Waals surface area contributed by atoms with Crippen molar-refractivity contribution in [3.8, 4) is 0 Å². The maximum atomic E-state index is 5.87. The fraction of sp³-hybridized carbons (Fsp3) is 1.00. The molecular weight excluding hydrogens is 216 g/mol. The lowest BCUT2D eigenvalue weighted by Crippen LogP contribution is -2.41. The number of nitrogens with zero attached hydrogens (tertiary/aromatic N) is 1. The van der Waals surface area contributed by atoms with Gasteiger partial charge in [-0.15, -0.1) is 12.4 Å². The first kappa shape index (κ1) is 12.6. The third-order valence-corrected chi connectivity index (χ3v) is 4.40. The highest BCUT2D eigenvalue weighted by Gasteiger charge is 2.21. The van der Waals surface area contributed by atoms with Gasteiger partial charge in [0.2, 0.25) is 0 Å². The van der Waals surface area contributed by atoms with Crippen LogP contribution in [0.15, 0.2) is 0 Å². The number of likely N-dealkylation sites (tertiary alicyclic amines) is 1. The van der Waals surface area contributed by atoms with Crippen molar-refractivity contribution in [1.29, 1.82) is 0 Å². The first-order valence-electron chi connectivity index (χ1n) is 5.40. The number of hydrogen-bond donors (Lipinski definition) is 1. The molecule has 2 nitrogen and oxygen atoms in total. The van der Waals surface area contributed by atoms with Crippen LogP contribution in [0.3, 0.4) is 0 Å². The van der Waals surface area contributed by atoms with E-state index in [9.17, 15) is 0 Å². The minimum Gasteiger partial charge on any atom is -0.328 e. The van der Waals surface area contributed by atoms with Gasteiger partial charge in [0.05, 0.1) is 0 Å². The van der Waals surface area contributed by atoms with E-state index in [4.69, 9.17) is 5.73 Å². The molecule has 2 aliphatic heterocycles. The Morgan fingerprint density at radius 3 is 2.50 bits per heavy atom. The zero-order valence-corrected chi connectivity index (χ0v) is 10.3. The van der Waals surface area contributed by atoms with Crippen LogP contribution in [0.4, 0.5) is 0 Å². The predicted molar refractivity (Wildman–Crippen MR) is 66.3 cm³/mol. The van der Waals surface area contributed by atoms with E-state index in [-0.39, 0.29) is 12.4 Å². The van der Waals surface area contributed by atoms with E-state index in [2.05, 4.69) is 16.7 Å². The molecule has 0 aromatic rings. The third-order valence-electron chi connectivity index (χ3n) is 3.17. The molecule has 0 saturated carbocycles. The molecule has 0 spiro atoms. The van der Waals surface area contributed by atoms with Crippen LogP contribution in [0.5, 0.6) is 0 Å². The fourth-order valence-corrected chi connectivity index (χ4v) is 3.50. The molecule has 0 aromatic carbocycles. The van der Waals surface area contributed by atoms with Crippen molar-refractivity contribution in [3.63, 3.8) is 0 Å². The molecule has 84 valence electrons. The Hall–Kier alpha value is 0.560. The molecular formula is C10H21ClN2S. The van der Waals surface area contributed by atoms with Crippen molar-refractivity contribution in [1.82, 2.24) is 4.90 Å². The molecule has 4 heteroatoms. The molecule has 2 saturated heterocycles. The fourth-order valence-electron chi connectivity index (χ4n) is 2.23. The highest BCUT2D eigenvalue weighted by Crippen LogP contribution is 2.24. The Labute approximate surface area is 97.4 Å². The molecule has 0 aliphatic carbocycles. The van der Waals surface area contributed by atoms with Gasteiger partial charge in [-0.25, -0.2) is 0 Å². The Morgan fingerprint density at radius 2 is 1.93 bits per heavy atom. The van der Waals surface area contributed by atoms with Gasteiger partial charge in [0.25, 0.3) is 0 Å². The van der Waals surface area contributed by atoms with Crippen molar-refractivity contribution < 1.29 is 0 Å². The van der Waals surface area contributed by atoms with Crippen LogP contribution in [0, 0.1) is 5.92 Å². The van der Waals surface area contributed by atoms with E-state index >= 15 is 0 Å². The molecule has 0 bridgehead atoms. The van der Waals surface area contributed by atoms with Gasteiger partial charge in [-0.2, -0.15) is 11.8 Å². The number of thioether (sulfide) groups is 1. The molecule has 2 heterocycles. The second-order valence-corrected chi connectivity index (χ2v) is 5.52. The average Bonchev–Trinajstić information content (AvgIpc) is 2.62. The van der Waals surface area contributed by atoms with Gasteiger partial charge in [-0.1, -0.05) is 0 Å². The average molecular weight is 237 g/mol. The van der Waals surface area contributed by atoms with E-state index in [0.717, 1.165) is 5.92 Å². The number of nitrogens with two attached hydrogens (primary N) is 1. The van der Waals surface area contributed by atoms with Gasteiger partial charge in [0.15, 0.2) is 0 Å². The normalized spacial score (nSPS) is 30.2. The summed E-state index contributed by atoms with van der Waals surface area (Å²) in [6.07, 6.45) is 3.85. The summed E-state index contributed by atoms with van der Waals surface area (Å²) in [7, 11) is 0. The molecule has 2 rings (SSSR count). The molecule has 14 heavy (non-hydrogen) atoms. The molecule has 1 unspecified atom stereocenters. The molecule has 0 radical (unpaired) electrons. The van der Waals surface area contributed by atoms with E-state index < -0.39 is 0 Å². The van der Waals surface area contributed by atoms with E-state index in [1.54, 1.807) is 0 Å². The maximum Gasteiger partial charge on any atom is 0.00631 e. The van der Waals surface area contributed by atoms with Crippen LogP contribution >= 0.6 is 24.2 Å². The quantitative estimate of drug-likeness (QED) is 0.790. The molecule has 2 N–H and O–H groups in total. The number of rotatable bonds is 2. The van der Waals surface area contributed by atoms with Gasteiger partial charge in [0.1, 0.15) is 0 Å². The number of hydrogen-bond acceptors (Lipinski definition) is 3. The van der Waals surface area contributed by atoms with Crippen molar-refractivity contribution in [2.75, 3.05) is 31.1 Å². The van der Waals surface area contributed by atoms with E-state index in [1.807, 2.05) is 0 Å². The number of halogens is 1. The lowest BCUT2D eigenvalue weighted by Gasteiger charge is -2.31. The summed E-state index contributed by atoms with van der Waals surface area (Å²) in [5, 5.41) is 0. The summed E-state index contributed by atoms with van der Waals surface area (Å²) < 4.78 is 0. The van der Waals surface area contributed by atoms with Gasteiger partial charge in [0, 0.05) is 12.6 Å². The first-order chi connectivity index (χ1) is 6.34.